The number of esters is 1. The fraction of sp³-hybridized carbons (Fsp3) is 0.222. The zero-order chi connectivity index (χ0) is 13.1. The molecule has 0 atom stereocenters. The van der Waals surface area contributed by atoms with E-state index >= 15 is 0 Å². The van der Waals surface area contributed by atoms with Gasteiger partial charge in [0, 0.05) is 5.02 Å². The van der Waals surface area contributed by atoms with Crippen molar-refractivity contribution in [2.24, 2.45) is 5.14 Å². The molecule has 0 aliphatic rings. The van der Waals surface area contributed by atoms with Crippen LogP contribution in [0.1, 0.15) is 0 Å². The second kappa shape index (κ2) is 5.35. The zero-order valence-electron chi connectivity index (χ0n) is 8.84. The number of primary sulfonamides is 1. The van der Waals surface area contributed by atoms with Gasteiger partial charge in [-0.3, -0.25) is 0 Å². The maximum absolute atomic E-state index is 11.2. The van der Waals surface area contributed by atoms with Crippen molar-refractivity contribution in [3.63, 3.8) is 0 Å². The summed E-state index contributed by atoms with van der Waals surface area (Å²) < 4.78 is 31.8. The molecule has 0 unspecified atom stereocenters. The van der Waals surface area contributed by atoms with Crippen LogP contribution >= 0.6 is 11.6 Å². The highest BCUT2D eigenvalue weighted by atomic mass is 35.5. The predicted octanol–water partition coefficient (Wildman–Crippen LogP) is 0.539. The number of methoxy groups -OCH3 is 1. The van der Waals surface area contributed by atoms with E-state index in [9.17, 15) is 13.2 Å². The van der Waals surface area contributed by atoms with Gasteiger partial charge in [0.15, 0.2) is 6.61 Å². The predicted molar refractivity (Wildman–Crippen MR) is 60.3 cm³/mol. The Hall–Kier alpha value is -1.31. The quantitative estimate of drug-likeness (QED) is 0.812. The van der Waals surface area contributed by atoms with Gasteiger partial charge in [-0.05, 0) is 18.2 Å². The first kappa shape index (κ1) is 13.8. The highest BCUT2D eigenvalue weighted by Gasteiger charge is 2.16. The molecule has 0 radical (unpaired) electrons. The lowest BCUT2D eigenvalue weighted by atomic mass is 10.3. The van der Waals surface area contributed by atoms with Gasteiger partial charge in [-0.2, -0.15) is 0 Å². The molecular formula is C9H10ClNO5S. The molecule has 8 heteroatoms. The van der Waals surface area contributed by atoms with Gasteiger partial charge in [0.1, 0.15) is 10.6 Å². The van der Waals surface area contributed by atoms with Gasteiger partial charge in [-0.15, -0.1) is 0 Å². The van der Waals surface area contributed by atoms with E-state index in [0.29, 0.717) is 0 Å². The average Bonchev–Trinajstić information content (AvgIpc) is 2.25. The van der Waals surface area contributed by atoms with Crippen molar-refractivity contribution in [1.29, 1.82) is 0 Å². The van der Waals surface area contributed by atoms with Gasteiger partial charge < -0.3 is 9.47 Å². The van der Waals surface area contributed by atoms with E-state index in [-0.39, 0.29) is 15.7 Å². The molecule has 1 aromatic rings. The standard InChI is InChI=1S/C9H10ClNO5S/c1-15-9(12)5-16-7-3-2-6(10)4-8(7)17(11,13)14/h2-4H,5H2,1H3,(H2,11,13,14). The van der Waals surface area contributed by atoms with Gasteiger partial charge in [0.05, 0.1) is 7.11 Å². The van der Waals surface area contributed by atoms with E-state index < -0.39 is 22.6 Å². The van der Waals surface area contributed by atoms with E-state index in [4.69, 9.17) is 21.5 Å². The summed E-state index contributed by atoms with van der Waals surface area (Å²) in [6, 6.07) is 3.87. The number of halogens is 1. The molecular weight excluding hydrogens is 270 g/mol. The number of carbonyl (C=O) groups excluding carboxylic acids is 1. The van der Waals surface area contributed by atoms with Gasteiger partial charge in [0.2, 0.25) is 10.0 Å². The number of hydrogen-bond acceptors (Lipinski definition) is 5. The van der Waals surface area contributed by atoms with E-state index in [1.165, 1.54) is 19.2 Å². The van der Waals surface area contributed by atoms with E-state index in [2.05, 4.69) is 4.74 Å². The first-order valence-corrected chi connectivity index (χ1v) is 6.29. The van der Waals surface area contributed by atoms with E-state index in [0.717, 1.165) is 6.07 Å². The SMILES string of the molecule is COC(=O)COc1ccc(Cl)cc1S(N)(=O)=O. The Balaban J connectivity index is 3.04. The van der Waals surface area contributed by atoms with Crippen LogP contribution < -0.4 is 9.88 Å². The topological polar surface area (TPSA) is 95.7 Å². The number of hydrogen-bond donors (Lipinski definition) is 1. The molecule has 0 fully saturated rings. The summed E-state index contributed by atoms with van der Waals surface area (Å²) in [5, 5.41) is 5.18. The fourth-order valence-electron chi connectivity index (χ4n) is 1.02. The molecule has 0 heterocycles. The molecule has 6 nitrogen and oxygen atoms in total. The number of rotatable bonds is 4. The first-order chi connectivity index (χ1) is 7.84. The van der Waals surface area contributed by atoms with Crippen LogP contribution in [0.15, 0.2) is 23.1 Å². The summed E-state index contributed by atoms with van der Waals surface area (Å²) in [4.78, 5) is 10.6. The third-order valence-electron chi connectivity index (χ3n) is 1.79. The number of ether oxygens (including phenoxy) is 2. The highest BCUT2D eigenvalue weighted by Crippen LogP contribution is 2.26. The summed E-state index contributed by atoms with van der Waals surface area (Å²) in [5.74, 6) is -0.692. The smallest absolute Gasteiger partial charge is 0.343 e. The highest BCUT2D eigenvalue weighted by molar-refractivity contribution is 7.89. The van der Waals surface area contributed by atoms with Crippen LogP contribution in [-0.2, 0) is 19.6 Å². The molecule has 1 rings (SSSR count). The van der Waals surface area contributed by atoms with E-state index in [1.54, 1.807) is 0 Å². The lowest BCUT2D eigenvalue weighted by molar-refractivity contribution is -0.142. The maximum atomic E-state index is 11.2. The number of sulfonamides is 1. The Bertz CT molecular complexity index is 528. The molecule has 0 aliphatic heterocycles. The van der Waals surface area contributed by atoms with Crippen LogP contribution in [0, 0.1) is 0 Å². The lowest BCUT2D eigenvalue weighted by Gasteiger charge is -2.09. The molecule has 0 saturated carbocycles. The molecule has 2 N–H and O–H groups in total. The Morgan fingerprint density at radius 1 is 1.47 bits per heavy atom. The van der Waals surface area contributed by atoms with Crippen molar-refractivity contribution in [1.82, 2.24) is 0 Å². The van der Waals surface area contributed by atoms with Crippen LogP contribution in [0.4, 0.5) is 0 Å². The average molecular weight is 280 g/mol. The van der Waals surface area contributed by atoms with Crippen LogP contribution in [-0.4, -0.2) is 28.1 Å². The molecule has 0 amide bonds. The second-order valence-electron chi connectivity index (χ2n) is 3.00. The van der Waals surface area contributed by atoms with Gasteiger partial charge >= 0.3 is 5.97 Å². The summed E-state index contributed by atoms with van der Waals surface area (Å²) in [6.07, 6.45) is 0. The zero-order valence-corrected chi connectivity index (χ0v) is 10.4. The Morgan fingerprint density at radius 2 is 2.12 bits per heavy atom. The number of benzene rings is 1. The molecule has 0 aromatic heterocycles. The minimum Gasteiger partial charge on any atom is -0.480 e. The van der Waals surface area contributed by atoms with Crippen LogP contribution in [0.3, 0.4) is 0 Å². The Kier molecular flexibility index (Phi) is 4.33. The lowest BCUT2D eigenvalue weighted by Crippen LogP contribution is -2.17. The van der Waals surface area contributed by atoms with Gasteiger partial charge in [0.25, 0.3) is 0 Å². The second-order valence-corrected chi connectivity index (χ2v) is 4.97. The minimum atomic E-state index is -3.97. The van der Waals surface area contributed by atoms with Crippen molar-refractivity contribution < 1.29 is 22.7 Å². The fourth-order valence-corrected chi connectivity index (χ4v) is 1.95. The normalized spacial score (nSPS) is 11.0. The summed E-state index contributed by atoms with van der Waals surface area (Å²) >= 11 is 5.65. The van der Waals surface area contributed by atoms with Crippen molar-refractivity contribution in [3.05, 3.63) is 23.2 Å². The van der Waals surface area contributed by atoms with Gasteiger partial charge in [-0.25, -0.2) is 18.4 Å². The van der Waals surface area contributed by atoms with Crippen LogP contribution in [0.5, 0.6) is 5.75 Å². The first-order valence-electron chi connectivity index (χ1n) is 4.36. The summed E-state index contributed by atoms with van der Waals surface area (Å²) in [5.41, 5.74) is 0. The molecule has 1 aromatic carbocycles. The van der Waals surface area contributed by atoms with Crippen molar-refractivity contribution in [2.75, 3.05) is 13.7 Å². The molecule has 94 valence electrons. The molecule has 0 bridgehead atoms. The van der Waals surface area contributed by atoms with Crippen LogP contribution in [0.2, 0.25) is 5.02 Å². The van der Waals surface area contributed by atoms with Crippen molar-refractivity contribution in [2.45, 2.75) is 4.90 Å². The molecule has 0 spiro atoms. The van der Waals surface area contributed by atoms with E-state index in [1.807, 2.05) is 0 Å². The van der Waals surface area contributed by atoms with Crippen LogP contribution in [0.25, 0.3) is 0 Å². The summed E-state index contributed by atoms with van der Waals surface area (Å²) in [7, 11) is -2.78. The molecule has 0 aliphatic carbocycles. The van der Waals surface area contributed by atoms with Gasteiger partial charge in [-0.1, -0.05) is 11.6 Å². The summed E-state index contributed by atoms with van der Waals surface area (Å²) in [6.45, 7) is -0.416. The van der Waals surface area contributed by atoms with Crippen molar-refractivity contribution in [3.8, 4) is 5.75 Å². The van der Waals surface area contributed by atoms with Crippen molar-refractivity contribution >= 4 is 27.6 Å². The third-order valence-corrected chi connectivity index (χ3v) is 2.95. The monoisotopic (exact) mass is 279 g/mol. The third kappa shape index (κ3) is 3.88. The molecule has 17 heavy (non-hydrogen) atoms. The Morgan fingerprint density at radius 3 is 2.65 bits per heavy atom. The minimum absolute atomic E-state index is 0.0534. The Labute approximate surface area is 103 Å². The number of carbonyl (C=O) groups is 1. The molecule has 0 saturated heterocycles. The maximum Gasteiger partial charge on any atom is 0.343 e. The number of nitrogens with two attached hydrogens (primary N) is 1. The largest absolute Gasteiger partial charge is 0.480 e.